The quantitative estimate of drug-likeness (QED) is 0.780. The van der Waals surface area contributed by atoms with Crippen molar-refractivity contribution in [2.75, 3.05) is 53.4 Å². The number of rotatable bonds is 8. The van der Waals surface area contributed by atoms with Crippen molar-refractivity contribution in [2.24, 2.45) is 0 Å². The van der Waals surface area contributed by atoms with Gasteiger partial charge in [0.25, 0.3) is 0 Å². The molecular weight excluding hydrogens is 302 g/mol. The highest BCUT2D eigenvalue weighted by atomic mass is 16.5. The molecule has 0 aromatic heterocycles. The van der Waals surface area contributed by atoms with Crippen molar-refractivity contribution in [3.05, 3.63) is 29.8 Å². The molecule has 5 nitrogen and oxygen atoms in total. The van der Waals surface area contributed by atoms with Crippen molar-refractivity contribution in [2.45, 2.75) is 32.6 Å². The third-order valence-electron chi connectivity index (χ3n) is 4.36. The molecule has 1 aromatic rings. The number of β-amino-alcohol motifs (C(OH)–C–C–N with tert-alkyl or cyclic N) is 1. The number of aliphatic hydroxyl groups is 1. The van der Waals surface area contributed by atoms with Crippen molar-refractivity contribution in [1.29, 1.82) is 0 Å². The standard InChI is InChI=1S/C19H33N3O2/c1-16(2)24-19-8-6-5-7-17(19)13-21(4)14-18(23)15-22-11-9-20(3)10-12-22/h5-8,16,18,23H,9-15H2,1-4H3. The Morgan fingerprint density at radius 1 is 1.17 bits per heavy atom. The summed E-state index contributed by atoms with van der Waals surface area (Å²) in [6.45, 7) is 10.5. The van der Waals surface area contributed by atoms with E-state index in [4.69, 9.17) is 4.74 Å². The minimum absolute atomic E-state index is 0.166. The lowest BCUT2D eigenvalue weighted by molar-refractivity contribution is 0.0591. The Hall–Kier alpha value is -1.14. The van der Waals surface area contributed by atoms with E-state index in [2.05, 4.69) is 34.9 Å². The first-order valence-corrected chi connectivity index (χ1v) is 8.96. The Morgan fingerprint density at radius 3 is 2.50 bits per heavy atom. The van der Waals surface area contributed by atoms with Crippen LogP contribution < -0.4 is 4.74 Å². The summed E-state index contributed by atoms with van der Waals surface area (Å²) < 4.78 is 5.88. The summed E-state index contributed by atoms with van der Waals surface area (Å²) >= 11 is 0. The number of nitrogens with zero attached hydrogens (tertiary/aromatic N) is 3. The van der Waals surface area contributed by atoms with Gasteiger partial charge in [-0.25, -0.2) is 0 Å². The maximum Gasteiger partial charge on any atom is 0.124 e. The number of hydrogen-bond donors (Lipinski definition) is 1. The summed E-state index contributed by atoms with van der Waals surface area (Å²) in [6.07, 6.45) is -0.157. The molecule has 0 spiro atoms. The first-order valence-electron chi connectivity index (χ1n) is 8.96. The number of benzene rings is 1. The van der Waals surface area contributed by atoms with Gasteiger partial charge in [-0.15, -0.1) is 0 Å². The summed E-state index contributed by atoms with van der Waals surface area (Å²) in [5.74, 6) is 0.938. The van der Waals surface area contributed by atoms with Crippen molar-refractivity contribution in [3.8, 4) is 5.75 Å². The number of hydrogen-bond acceptors (Lipinski definition) is 5. The maximum atomic E-state index is 10.4. The molecule has 0 radical (unpaired) electrons. The Morgan fingerprint density at radius 2 is 1.83 bits per heavy atom. The lowest BCUT2D eigenvalue weighted by Crippen LogP contribution is -2.48. The van der Waals surface area contributed by atoms with E-state index in [1.54, 1.807) is 0 Å². The fourth-order valence-electron chi connectivity index (χ4n) is 3.10. The molecule has 1 saturated heterocycles. The Kier molecular flexibility index (Phi) is 7.49. The van der Waals surface area contributed by atoms with Crippen LogP contribution in [0.2, 0.25) is 0 Å². The van der Waals surface area contributed by atoms with Crippen LogP contribution in [-0.4, -0.2) is 85.4 Å². The van der Waals surface area contributed by atoms with E-state index >= 15 is 0 Å². The van der Waals surface area contributed by atoms with Crippen LogP contribution in [0.25, 0.3) is 0 Å². The fourth-order valence-corrected chi connectivity index (χ4v) is 3.10. The van der Waals surface area contributed by atoms with Crippen molar-refractivity contribution in [3.63, 3.8) is 0 Å². The van der Waals surface area contributed by atoms with Gasteiger partial charge in [0.2, 0.25) is 0 Å². The normalized spacial score (nSPS) is 18.3. The number of ether oxygens (including phenoxy) is 1. The van der Waals surface area contributed by atoms with Gasteiger partial charge in [0.05, 0.1) is 12.2 Å². The van der Waals surface area contributed by atoms with Crippen LogP contribution in [0.5, 0.6) is 5.75 Å². The minimum atomic E-state index is -0.323. The number of likely N-dealkylation sites (N-methyl/N-ethyl adjacent to an activating group) is 2. The largest absolute Gasteiger partial charge is 0.491 e. The van der Waals surface area contributed by atoms with E-state index in [1.165, 1.54) is 5.56 Å². The van der Waals surface area contributed by atoms with Gasteiger partial charge in [0.15, 0.2) is 0 Å². The third-order valence-corrected chi connectivity index (χ3v) is 4.36. The van der Waals surface area contributed by atoms with Crippen LogP contribution in [0.4, 0.5) is 0 Å². The zero-order valence-corrected chi connectivity index (χ0v) is 15.6. The molecule has 136 valence electrons. The molecule has 1 aromatic carbocycles. The van der Waals surface area contributed by atoms with Gasteiger partial charge in [-0.05, 0) is 34.0 Å². The summed E-state index contributed by atoms with van der Waals surface area (Å²) in [7, 11) is 4.21. The van der Waals surface area contributed by atoms with E-state index in [1.807, 2.05) is 32.0 Å². The Bertz CT molecular complexity index is 487. The van der Waals surface area contributed by atoms with Gasteiger partial charge in [0.1, 0.15) is 5.75 Å². The summed E-state index contributed by atoms with van der Waals surface area (Å²) in [4.78, 5) is 6.86. The second kappa shape index (κ2) is 9.37. The fraction of sp³-hybridized carbons (Fsp3) is 0.684. The second-order valence-electron chi connectivity index (χ2n) is 7.23. The molecular formula is C19H33N3O2. The van der Waals surface area contributed by atoms with Crippen molar-refractivity contribution in [1.82, 2.24) is 14.7 Å². The zero-order chi connectivity index (χ0) is 17.5. The van der Waals surface area contributed by atoms with Gasteiger partial charge in [0, 0.05) is 51.4 Å². The zero-order valence-electron chi connectivity index (χ0n) is 15.6. The predicted molar refractivity (Wildman–Crippen MR) is 98.5 cm³/mol. The molecule has 1 fully saturated rings. The highest BCUT2D eigenvalue weighted by Gasteiger charge is 2.18. The number of piperazine rings is 1. The molecule has 2 rings (SSSR count). The number of para-hydroxylation sites is 1. The van der Waals surface area contributed by atoms with E-state index < -0.39 is 0 Å². The van der Waals surface area contributed by atoms with E-state index in [9.17, 15) is 5.11 Å². The second-order valence-corrected chi connectivity index (χ2v) is 7.23. The van der Waals surface area contributed by atoms with Crippen molar-refractivity contribution >= 4 is 0 Å². The van der Waals surface area contributed by atoms with Crippen LogP contribution in [0.15, 0.2) is 24.3 Å². The van der Waals surface area contributed by atoms with Crippen LogP contribution >= 0.6 is 0 Å². The third kappa shape index (κ3) is 6.40. The lowest BCUT2D eigenvalue weighted by atomic mass is 10.1. The van der Waals surface area contributed by atoms with E-state index in [0.717, 1.165) is 45.0 Å². The summed E-state index contributed by atoms with van der Waals surface area (Å²) in [6, 6.07) is 8.16. The maximum absolute atomic E-state index is 10.4. The topological polar surface area (TPSA) is 39.2 Å². The molecule has 0 bridgehead atoms. The first-order chi connectivity index (χ1) is 11.4. The van der Waals surface area contributed by atoms with Crippen LogP contribution in [0.3, 0.4) is 0 Å². The van der Waals surface area contributed by atoms with Gasteiger partial charge in [-0.1, -0.05) is 18.2 Å². The summed E-state index contributed by atoms with van der Waals surface area (Å²) in [5, 5.41) is 10.4. The lowest BCUT2D eigenvalue weighted by Gasteiger charge is -2.34. The van der Waals surface area contributed by atoms with Gasteiger partial charge in [-0.3, -0.25) is 9.80 Å². The Labute approximate surface area is 146 Å². The molecule has 1 atom stereocenters. The molecule has 24 heavy (non-hydrogen) atoms. The highest BCUT2D eigenvalue weighted by Crippen LogP contribution is 2.20. The van der Waals surface area contributed by atoms with E-state index in [0.29, 0.717) is 6.54 Å². The van der Waals surface area contributed by atoms with Gasteiger partial charge < -0.3 is 14.7 Å². The molecule has 1 aliphatic heterocycles. The average molecular weight is 335 g/mol. The Balaban J connectivity index is 1.81. The first kappa shape index (κ1) is 19.2. The van der Waals surface area contributed by atoms with E-state index in [-0.39, 0.29) is 12.2 Å². The summed E-state index contributed by atoms with van der Waals surface area (Å²) in [5.41, 5.74) is 1.17. The molecule has 5 heteroatoms. The molecule has 1 aliphatic rings. The van der Waals surface area contributed by atoms with Gasteiger partial charge in [-0.2, -0.15) is 0 Å². The van der Waals surface area contributed by atoms with Gasteiger partial charge >= 0.3 is 0 Å². The monoisotopic (exact) mass is 335 g/mol. The minimum Gasteiger partial charge on any atom is -0.491 e. The molecule has 1 heterocycles. The molecule has 1 N–H and O–H groups in total. The smallest absolute Gasteiger partial charge is 0.124 e. The predicted octanol–water partition coefficient (Wildman–Crippen LogP) is 1.51. The molecule has 0 aliphatic carbocycles. The SMILES string of the molecule is CC(C)Oc1ccccc1CN(C)CC(O)CN1CCN(C)CC1. The number of aliphatic hydroxyl groups excluding tert-OH is 1. The molecule has 1 unspecified atom stereocenters. The van der Waals surface area contributed by atoms with Crippen LogP contribution in [0.1, 0.15) is 19.4 Å². The average Bonchev–Trinajstić information content (AvgIpc) is 2.51. The molecule has 0 saturated carbocycles. The molecule has 0 amide bonds. The van der Waals surface area contributed by atoms with Crippen molar-refractivity contribution < 1.29 is 9.84 Å². The van der Waals surface area contributed by atoms with Crippen LogP contribution in [0, 0.1) is 0 Å². The highest BCUT2D eigenvalue weighted by molar-refractivity contribution is 5.33. The van der Waals surface area contributed by atoms with Crippen LogP contribution in [-0.2, 0) is 6.54 Å².